The lowest BCUT2D eigenvalue weighted by Gasteiger charge is -2.12. The number of aryl methyl sites for hydroxylation is 1. The van der Waals surface area contributed by atoms with Crippen LogP contribution in [0.3, 0.4) is 0 Å². The largest absolute Gasteiger partial charge is 0.475 e. The molecule has 1 aromatic carbocycles. The standard InChI is InChI=1S/C11H14N2O2S.C3H8/c1-8-4-3-5-9(10(8)13-16(2)14)11-12-6-7-15-11;1-3-2/h3-5,13H,6-7H2,1-2H3;3H2,1-2H3. The SMILES string of the molecule is CCC.Cc1cccc(C2=NCCO2)c1NS(C)=O. The highest BCUT2D eigenvalue weighted by atomic mass is 32.2. The van der Waals surface area contributed by atoms with Crippen molar-refractivity contribution in [3.63, 3.8) is 0 Å². The molecular weight excluding hydrogens is 260 g/mol. The Kier molecular flexibility index (Phi) is 6.56. The summed E-state index contributed by atoms with van der Waals surface area (Å²) in [6, 6.07) is 5.83. The number of ether oxygens (including phenoxy) is 1. The fourth-order valence-electron chi connectivity index (χ4n) is 1.62. The molecule has 0 fully saturated rings. The summed E-state index contributed by atoms with van der Waals surface area (Å²) in [6.07, 6.45) is 2.85. The summed E-state index contributed by atoms with van der Waals surface area (Å²) in [6.45, 7) is 7.53. The van der Waals surface area contributed by atoms with Gasteiger partial charge in [0.25, 0.3) is 0 Å². The normalized spacial score (nSPS) is 14.8. The van der Waals surface area contributed by atoms with Gasteiger partial charge in [-0.05, 0) is 18.6 Å². The first-order valence-corrected chi connectivity index (χ1v) is 8.03. The van der Waals surface area contributed by atoms with Gasteiger partial charge in [0.05, 0.1) is 17.8 Å². The molecule has 5 heteroatoms. The number of benzene rings is 1. The van der Waals surface area contributed by atoms with Crippen LogP contribution in [-0.2, 0) is 15.7 Å². The van der Waals surface area contributed by atoms with E-state index in [0.29, 0.717) is 19.0 Å². The highest BCUT2D eigenvalue weighted by molar-refractivity contribution is 7.85. The minimum atomic E-state index is -1.10. The van der Waals surface area contributed by atoms with Gasteiger partial charge in [-0.1, -0.05) is 32.4 Å². The minimum absolute atomic E-state index is 0.623. The highest BCUT2D eigenvalue weighted by Crippen LogP contribution is 2.23. The van der Waals surface area contributed by atoms with E-state index in [4.69, 9.17) is 4.74 Å². The molecule has 1 heterocycles. The second kappa shape index (κ2) is 7.94. The van der Waals surface area contributed by atoms with Crippen LogP contribution in [0.1, 0.15) is 31.4 Å². The van der Waals surface area contributed by atoms with E-state index in [-0.39, 0.29) is 0 Å². The van der Waals surface area contributed by atoms with Gasteiger partial charge in [-0.25, -0.2) is 9.20 Å². The maximum atomic E-state index is 11.3. The minimum Gasteiger partial charge on any atom is -0.475 e. The Morgan fingerprint density at radius 3 is 2.63 bits per heavy atom. The molecule has 0 aromatic heterocycles. The number of hydrogen-bond acceptors (Lipinski definition) is 3. The summed E-state index contributed by atoms with van der Waals surface area (Å²) in [5.74, 6) is 0.636. The molecule has 106 valence electrons. The number of rotatable bonds is 3. The first-order valence-electron chi connectivity index (χ1n) is 6.47. The zero-order chi connectivity index (χ0) is 14.3. The predicted octanol–water partition coefficient (Wildman–Crippen LogP) is 2.89. The summed E-state index contributed by atoms with van der Waals surface area (Å²) in [7, 11) is -1.10. The second-order valence-electron chi connectivity index (χ2n) is 4.30. The molecule has 0 saturated carbocycles. The average Bonchev–Trinajstić information content (AvgIpc) is 2.86. The fourth-order valence-corrected chi connectivity index (χ4v) is 2.18. The van der Waals surface area contributed by atoms with Crippen molar-refractivity contribution in [2.45, 2.75) is 27.2 Å². The summed E-state index contributed by atoms with van der Waals surface area (Å²) in [4.78, 5) is 4.27. The molecule has 4 nitrogen and oxygen atoms in total. The Hall–Kier alpha value is -1.36. The van der Waals surface area contributed by atoms with E-state index in [0.717, 1.165) is 16.8 Å². The van der Waals surface area contributed by atoms with Crippen molar-refractivity contribution in [3.8, 4) is 0 Å². The van der Waals surface area contributed by atoms with Crippen molar-refractivity contribution in [1.29, 1.82) is 0 Å². The van der Waals surface area contributed by atoms with Crippen molar-refractivity contribution in [2.24, 2.45) is 4.99 Å². The lowest BCUT2D eigenvalue weighted by Crippen LogP contribution is -2.10. The van der Waals surface area contributed by atoms with E-state index >= 15 is 0 Å². The van der Waals surface area contributed by atoms with Crippen LogP contribution in [0, 0.1) is 6.92 Å². The van der Waals surface area contributed by atoms with Gasteiger partial charge < -0.3 is 9.46 Å². The first kappa shape index (κ1) is 15.7. The van der Waals surface area contributed by atoms with Gasteiger partial charge in [0.2, 0.25) is 5.90 Å². The lowest BCUT2D eigenvalue weighted by atomic mass is 10.1. The van der Waals surface area contributed by atoms with E-state index in [9.17, 15) is 4.21 Å². The van der Waals surface area contributed by atoms with Gasteiger partial charge in [0, 0.05) is 6.26 Å². The third kappa shape index (κ3) is 4.67. The molecule has 1 aliphatic rings. The molecule has 1 atom stereocenters. The number of anilines is 1. The molecule has 0 aliphatic carbocycles. The Bertz CT molecular complexity index is 473. The summed E-state index contributed by atoms with van der Waals surface area (Å²) in [5, 5.41) is 0. The van der Waals surface area contributed by atoms with Crippen LogP contribution >= 0.6 is 0 Å². The maximum Gasteiger partial charge on any atom is 0.218 e. The molecule has 1 N–H and O–H groups in total. The highest BCUT2D eigenvalue weighted by Gasteiger charge is 2.16. The van der Waals surface area contributed by atoms with Crippen molar-refractivity contribution < 1.29 is 8.95 Å². The van der Waals surface area contributed by atoms with Gasteiger partial charge >= 0.3 is 0 Å². The second-order valence-corrected chi connectivity index (χ2v) is 5.41. The van der Waals surface area contributed by atoms with Gasteiger partial charge in [0.15, 0.2) is 0 Å². The van der Waals surface area contributed by atoms with Crippen LogP contribution < -0.4 is 4.72 Å². The number of hydrogen-bond donors (Lipinski definition) is 1. The smallest absolute Gasteiger partial charge is 0.218 e. The number of nitrogens with zero attached hydrogens (tertiary/aromatic N) is 1. The topological polar surface area (TPSA) is 50.7 Å². The Morgan fingerprint density at radius 1 is 1.42 bits per heavy atom. The van der Waals surface area contributed by atoms with Gasteiger partial charge in [-0.2, -0.15) is 0 Å². The molecule has 0 bridgehead atoms. The number of para-hydroxylation sites is 1. The molecule has 1 aromatic rings. The number of aliphatic imine (C=N–C) groups is 1. The van der Waals surface area contributed by atoms with Gasteiger partial charge in [0.1, 0.15) is 17.6 Å². The molecule has 0 amide bonds. The summed E-state index contributed by atoms with van der Waals surface area (Å²) in [5.41, 5.74) is 2.75. The fraction of sp³-hybridized carbons (Fsp3) is 0.500. The monoisotopic (exact) mass is 282 g/mol. The van der Waals surface area contributed by atoms with Crippen LogP contribution in [0.2, 0.25) is 0 Å². The van der Waals surface area contributed by atoms with Crippen LogP contribution in [0.25, 0.3) is 0 Å². The molecule has 0 saturated heterocycles. The van der Waals surface area contributed by atoms with Gasteiger partial charge in [-0.3, -0.25) is 0 Å². The summed E-state index contributed by atoms with van der Waals surface area (Å²) < 4.78 is 19.6. The van der Waals surface area contributed by atoms with Crippen LogP contribution in [-0.4, -0.2) is 29.5 Å². The maximum absolute atomic E-state index is 11.3. The first-order chi connectivity index (χ1) is 9.10. The van der Waals surface area contributed by atoms with E-state index in [2.05, 4.69) is 23.6 Å². The number of nitrogens with one attached hydrogen (secondary N) is 1. The van der Waals surface area contributed by atoms with E-state index in [1.165, 1.54) is 6.42 Å². The van der Waals surface area contributed by atoms with Crippen LogP contribution in [0.15, 0.2) is 23.2 Å². The quantitative estimate of drug-likeness (QED) is 0.926. The molecule has 1 aliphatic heterocycles. The Labute approximate surface area is 117 Å². The van der Waals surface area contributed by atoms with Crippen molar-refractivity contribution in [1.82, 2.24) is 0 Å². The third-order valence-electron chi connectivity index (χ3n) is 2.33. The van der Waals surface area contributed by atoms with Crippen molar-refractivity contribution in [3.05, 3.63) is 29.3 Å². The van der Waals surface area contributed by atoms with Crippen molar-refractivity contribution in [2.75, 3.05) is 24.1 Å². The summed E-state index contributed by atoms with van der Waals surface area (Å²) >= 11 is 0. The Morgan fingerprint density at radius 2 is 2.11 bits per heavy atom. The van der Waals surface area contributed by atoms with Crippen LogP contribution in [0.5, 0.6) is 0 Å². The van der Waals surface area contributed by atoms with E-state index in [1.807, 2.05) is 25.1 Å². The van der Waals surface area contributed by atoms with Crippen molar-refractivity contribution >= 4 is 22.6 Å². The molecule has 0 spiro atoms. The Balaban J connectivity index is 0.000000550. The lowest BCUT2D eigenvalue weighted by molar-refractivity contribution is 0.348. The zero-order valence-electron chi connectivity index (χ0n) is 12.0. The molecule has 2 rings (SSSR count). The molecular formula is C14H22N2O2S. The predicted molar refractivity (Wildman–Crippen MR) is 82.2 cm³/mol. The third-order valence-corrected chi connectivity index (χ3v) is 2.83. The van der Waals surface area contributed by atoms with Crippen LogP contribution in [0.4, 0.5) is 5.69 Å². The molecule has 1 unspecified atom stereocenters. The van der Waals surface area contributed by atoms with E-state index in [1.54, 1.807) is 6.26 Å². The zero-order valence-corrected chi connectivity index (χ0v) is 12.8. The van der Waals surface area contributed by atoms with E-state index < -0.39 is 11.0 Å². The average molecular weight is 282 g/mol. The van der Waals surface area contributed by atoms with Gasteiger partial charge in [-0.15, -0.1) is 0 Å². The molecule has 19 heavy (non-hydrogen) atoms. The molecule has 0 radical (unpaired) electrons.